The van der Waals surface area contributed by atoms with Crippen LogP contribution < -0.4 is 14.4 Å². The zero-order chi connectivity index (χ0) is 20.8. The molecule has 0 radical (unpaired) electrons. The second-order valence-corrected chi connectivity index (χ2v) is 7.06. The lowest BCUT2D eigenvalue weighted by Crippen LogP contribution is -2.50. The van der Waals surface area contributed by atoms with Crippen LogP contribution in [-0.2, 0) is 4.79 Å². The van der Waals surface area contributed by atoms with Crippen LogP contribution in [0.1, 0.15) is 0 Å². The van der Waals surface area contributed by atoms with E-state index in [1.807, 2.05) is 59.5 Å². The summed E-state index contributed by atoms with van der Waals surface area (Å²) in [6, 6.07) is 24.2. The molecule has 1 saturated heterocycles. The average molecular weight is 404 g/mol. The average Bonchev–Trinajstić information content (AvgIpc) is 2.79. The molecule has 6 heteroatoms. The minimum absolute atomic E-state index is 0.0328. The Labute approximate surface area is 175 Å². The van der Waals surface area contributed by atoms with E-state index in [1.54, 1.807) is 18.2 Å². The molecule has 1 amide bonds. The zero-order valence-corrected chi connectivity index (χ0v) is 16.6. The lowest BCUT2D eigenvalue weighted by atomic mass is 10.2. The number of piperazine rings is 1. The van der Waals surface area contributed by atoms with Crippen molar-refractivity contribution in [1.82, 2.24) is 4.90 Å². The molecule has 0 aliphatic carbocycles. The monoisotopic (exact) mass is 404 g/mol. The summed E-state index contributed by atoms with van der Waals surface area (Å²) >= 11 is 0. The lowest BCUT2D eigenvalue weighted by Gasteiger charge is -2.36. The van der Waals surface area contributed by atoms with Gasteiger partial charge in [0.1, 0.15) is 23.0 Å². The number of amides is 1. The number of hydrogen-bond donors (Lipinski definition) is 1. The number of phenols is 1. The summed E-state index contributed by atoms with van der Waals surface area (Å²) in [7, 11) is 0. The normalized spacial score (nSPS) is 13.7. The Balaban J connectivity index is 1.26. The molecule has 6 nitrogen and oxygen atoms in total. The van der Waals surface area contributed by atoms with Crippen molar-refractivity contribution in [1.29, 1.82) is 0 Å². The number of aromatic hydroxyl groups is 1. The maximum absolute atomic E-state index is 12.4. The van der Waals surface area contributed by atoms with Crippen LogP contribution in [-0.4, -0.2) is 48.7 Å². The number of rotatable bonds is 6. The molecule has 3 aromatic rings. The number of para-hydroxylation sites is 1. The summed E-state index contributed by atoms with van der Waals surface area (Å²) in [5, 5.41) is 9.47. The first-order valence-corrected chi connectivity index (χ1v) is 9.95. The highest BCUT2D eigenvalue weighted by molar-refractivity contribution is 5.78. The summed E-state index contributed by atoms with van der Waals surface area (Å²) in [5.74, 6) is 2.16. The second-order valence-electron chi connectivity index (χ2n) is 7.06. The highest BCUT2D eigenvalue weighted by Crippen LogP contribution is 2.25. The first-order chi connectivity index (χ1) is 14.7. The van der Waals surface area contributed by atoms with Gasteiger partial charge >= 0.3 is 0 Å². The Hall–Kier alpha value is -3.67. The van der Waals surface area contributed by atoms with E-state index in [1.165, 1.54) is 6.07 Å². The van der Waals surface area contributed by atoms with Gasteiger partial charge in [-0.1, -0.05) is 24.3 Å². The summed E-state index contributed by atoms with van der Waals surface area (Å²) in [6.45, 7) is 2.78. The van der Waals surface area contributed by atoms with Gasteiger partial charge in [-0.05, 0) is 48.5 Å². The number of nitrogens with zero attached hydrogens (tertiary/aromatic N) is 2. The maximum Gasteiger partial charge on any atom is 0.260 e. The van der Waals surface area contributed by atoms with E-state index < -0.39 is 0 Å². The van der Waals surface area contributed by atoms with Crippen LogP contribution in [0, 0.1) is 0 Å². The van der Waals surface area contributed by atoms with Gasteiger partial charge in [-0.25, -0.2) is 0 Å². The molecule has 1 fully saturated rings. The topological polar surface area (TPSA) is 62.2 Å². The van der Waals surface area contributed by atoms with Gasteiger partial charge in [-0.15, -0.1) is 0 Å². The molecule has 4 rings (SSSR count). The van der Waals surface area contributed by atoms with Crippen LogP contribution in [0.4, 0.5) is 5.69 Å². The van der Waals surface area contributed by atoms with Crippen LogP contribution in [0.2, 0.25) is 0 Å². The number of carbonyl (C=O) groups is 1. The van der Waals surface area contributed by atoms with Crippen molar-refractivity contribution >= 4 is 11.6 Å². The third-order valence-electron chi connectivity index (χ3n) is 4.99. The van der Waals surface area contributed by atoms with Crippen LogP contribution in [0.5, 0.6) is 23.0 Å². The molecule has 0 unspecified atom stereocenters. The number of ether oxygens (including phenoxy) is 2. The summed E-state index contributed by atoms with van der Waals surface area (Å²) in [5.41, 5.74) is 1.11. The zero-order valence-electron chi connectivity index (χ0n) is 16.6. The maximum atomic E-state index is 12.4. The van der Waals surface area contributed by atoms with E-state index in [2.05, 4.69) is 4.90 Å². The minimum atomic E-state index is -0.0513. The van der Waals surface area contributed by atoms with E-state index in [-0.39, 0.29) is 18.3 Å². The van der Waals surface area contributed by atoms with Gasteiger partial charge in [0, 0.05) is 37.9 Å². The Morgan fingerprint density at radius 1 is 0.800 bits per heavy atom. The van der Waals surface area contributed by atoms with Gasteiger partial charge in [-0.2, -0.15) is 0 Å². The fraction of sp³-hybridized carbons (Fsp3) is 0.208. The molecule has 30 heavy (non-hydrogen) atoms. The number of carbonyl (C=O) groups excluding carboxylic acids is 1. The molecule has 0 spiro atoms. The number of benzene rings is 3. The van der Waals surface area contributed by atoms with Crippen LogP contribution >= 0.6 is 0 Å². The largest absolute Gasteiger partial charge is 0.508 e. The molecular formula is C24H24N2O4. The molecule has 0 saturated carbocycles. The van der Waals surface area contributed by atoms with Gasteiger partial charge in [0.15, 0.2) is 6.61 Å². The van der Waals surface area contributed by atoms with Crippen molar-refractivity contribution in [2.24, 2.45) is 0 Å². The fourth-order valence-corrected chi connectivity index (χ4v) is 3.37. The van der Waals surface area contributed by atoms with Gasteiger partial charge in [-0.3, -0.25) is 4.79 Å². The molecule has 154 valence electrons. The molecular weight excluding hydrogens is 380 g/mol. The van der Waals surface area contributed by atoms with Crippen molar-refractivity contribution in [2.75, 3.05) is 37.7 Å². The molecule has 0 bridgehead atoms. The fourth-order valence-electron chi connectivity index (χ4n) is 3.37. The highest BCUT2D eigenvalue weighted by atomic mass is 16.5. The van der Waals surface area contributed by atoms with Crippen LogP contribution in [0.3, 0.4) is 0 Å². The highest BCUT2D eigenvalue weighted by Gasteiger charge is 2.21. The summed E-state index contributed by atoms with van der Waals surface area (Å²) in [6.07, 6.45) is 0. The van der Waals surface area contributed by atoms with E-state index in [9.17, 15) is 9.90 Å². The summed E-state index contributed by atoms with van der Waals surface area (Å²) < 4.78 is 11.3. The van der Waals surface area contributed by atoms with Crippen LogP contribution in [0.15, 0.2) is 78.9 Å². The van der Waals surface area contributed by atoms with Crippen molar-refractivity contribution in [2.45, 2.75) is 0 Å². The smallest absolute Gasteiger partial charge is 0.260 e. The Kier molecular flexibility index (Phi) is 6.03. The van der Waals surface area contributed by atoms with Crippen molar-refractivity contribution < 1.29 is 19.4 Å². The molecule has 3 aromatic carbocycles. The van der Waals surface area contributed by atoms with E-state index in [0.717, 1.165) is 30.3 Å². The molecule has 0 atom stereocenters. The number of hydrogen-bond acceptors (Lipinski definition) is 5. The minimum Gasteiger partial charge on any atom is -0.508 e. The molecule has 1 aliphatic rings. The van der Waals surface area contributed by atoms with Gasteiger partial charge in [0.25, 0.3) is 5.91 Å². The van der Waals surface area contributed by atoms with E-state index in [4.69, 9.17) is 9.47 Å². The predicted octanol–water partition coefficient (Wildman–Crippen LogP) is 3.91. The lowest BCUT2D eigenvalue weighted by molar-refractivity contribution is -0.133. The molecule has 0 aromatic heterocycles. The Bertz CT molecular complexity index is 968. The summed E-state index contributed by atoms with van der Waals surface area (Å²) in [4.78, 5) is 16.5. The molecule has 1 N–H and O–H groups in total. The quantitative estimate of drug-likeness (QED) is 0.675. The second kappa shape index (κ2) is 9.22. The van der Waals surface area contributed by atoms with Crippen molar-refractivity contribution in [3.63, 3.8) is 0 Å². The van der Waals surface area contributed by atoms with Crippen molar-refractivity contribution in [3.8, 4) is 23.0 Å². The first-order valence-electron chi connectivity index (χ1n) is 9.95. The number of anilines is 1. The third kappa shape index (κ3) is 5.03. The van der Waals surface area contributed by atoms with Crippen LogP contribution in [0.25, 0.3) is 0 Å². The Morgan fingerprint density at radius 2 is 1.47 bits per heavy atom. The van der Waals surface area contributed by atoms with Gasteiger partial charge < -0.3 is 24.4 Å². The van der Waals surface area contributed by atoms with Gasteiger partial charge in [0.05, 0.1) is 0 Å². The van der Waals surface area contributed by atoms with Crippen molar-refractivity contribution in [3.05, 3.63) is 78.9 Å². The number of phenolic OH excluding ortho intramolecular Hbond substituents is 1. The standard InChI is InChI=1S/C24H24N2O4/c27-20-5-4-8-23(17-20)29-18-24(28)26-15-13-25(14-16-26)19-9-11-22(12-10-19)30-21-6-2-1-3-7-21/h1-12,17,27H,13-16,18H2. The third-order valence-corrected chi connectivity index (χ3v) is 4.99. The van der Waals surface area contributed by atoms with E-state index >= 15 is 0 Å². The Morgan fingerprint density at radius 3 is 2.17 bits per heavy atom. The predicted molar refractivity (Wildman–Crippen MR) is 115 cm³/mol. The first kappa shape index (κ1) is 19.6. The molecule has 1 heterocycles. The molecule has 1 aliphatic heterocycles. The SMILES string of the molecule is O=C(COc1cccc(O)c1)N1CCN(c2ccc(Oc3ccccc3)cc2)CC1. The van der Waals surface area contributed by atoms with Gasteiger partial charge in [0.2, 0.25) is 0 Å². The van der Waals surface area contributed by atoms with E-state index in [0.29, 0.717) is 18.8 Å².